The smallest absolute Gasteiger partial charge is 0.250 e. The number of likely N-dealkylation sites (tertiary alicyclic amines) is 1. The topological polar surface area (TPSA) is 95.7 Å². The third-order valence-electron chi connectivity index (χ3n) is 3.77. The molecule has 0 bridgehead atoms. The second kappa shape index (κ2) is 7.19. The fourth-order valence-electron chi connectivity index (χ4n) is 2.66. The Labute approximate surface area is 123 Å². The van der Waals surface area contributed by atoms with Crippen LogP contribution in [0.2, 0.25) is 0 Å². The fourth-order valence-corrected chi connectivity index (χ4v) is 2.66. The fraction of sp³-hybridized carbons (Fsp3) is 0.467. The maximum absolute atomic E-state index is 12.1. The minimum atomic E-state index is -0.572. The Morgan fingerprint density at radius 3 is 2.81 bits per heavy atom. The zero-order valence-corrected chi connectivity index (χ0v) is 11.9. The van der Waals surface area contributed by atoms with Crippen LogP contribution < -0.4 is 11.1 Å². The highest BCUT2D eigenvalue weighted by atomic mass is 16.3. The van der Waals surface area contributed by atoms with Gasteiger partial charge in [-0.25, -0.2) is 0 Å². The van der Waals surface area contributed by atoms with Gasteiger partial charge in [-0.2, -0.15) is 0 Å². The van der Waals surface area contributed by atoms with Crippen molar-refractivity contribution in [3.05, 3.63) is 29.8 Å². The molecule has 1 aliphatic rings. The summed E-state index contributed by atoms with van der Waals surface area (Å²) in [6, 6.07) is 6.70. The van der Waals surface area contributed by atoms with Gasteiger partial charge in [0, 0.05) is 6.04 Å². The molecule has 0 spiro atoms. The van der Waals surface area contributed by atoms with Crippen molar-refractivity contribution < 1.29 is 14.7 Å². The van der Waals surface area contributed by atoms with Gasteiger partial charge < -0.3 is 16.2 Å². The molecule has 1 heterocycles. The number of carbonyl (C=O) groups is 2. The van der Waals surface area contributed by atoms with Crippen molar-refractivity contribution in [3.8, 4) is 0 Å². The van der Waals surface area contributed by atoms with E-state index in [0.717, 1.165) is 25.8 Å². The number of piperidine rings is 1. The number of hydrogen-bond donors (Lipinski definition) is 3. The van der Waals surface area contributed by atoms with Crippen LogP contribution in [0.4, 0.5) is 5.69 Å². The Morgan fingerprint density at radius 2 is 2.10 bits per heavy atom. The molecule has 2 amide bonds. The minimum absolute atomic E-state index is 0.0379. The van der Waals surface area contributed by atoms with E-state index in [-0.39, 0.29) is 25.1 Å². The lowest BCUT2D eigenvalue weighted by molar-refractivity contribution is -0.118. The van der Waals surface area contributed by atoms with Gasteiger partial charge in [0.2, 0.25) is 5.91 Å². The van der Waals surface area contributed by atoms with E-state index >= 15 is 0 Å². The number of nitrogens with zero attached hydrogens (tertiary/aromatic N) is 1. The second-order valence-corrected chi connectivity index (χ2v) is 5.26. The maximum atomic E-state index is 12.1. The van der Waals surface area contributed by atoms with Crippen LogP contribution in [0.3, 0.4) is 0 Å². The molecule has 1 fully saturated rings. The molecule has 6 heteroatoms. The van der Waals surface area contributed by atoms with Crippen LogP contribution in [0.1, 0.15) is 29.6 Å². The third-order valence-corrected chi connectivity index (χ3v) is 3.77. The van der Waals surface area contributed by atoms with Crippen LogP contribution in [0.25, 0.3) is 0 Å². The molecule has 1 aromatic carbocycles. The Hall–Kier alpha value is -1.92. The van der Waals surface area contributed by atoms with Gasteiger partial charge in [-0.3, -0.25) is 14.5 Å². The van der Waals surface area contributed by atoms with E-state index < -0.39 is 5.91 Å². The molecule has 114 valence electrons. The number of rotatable bonds is 5. The van der Waals surface area contributed by atoms with Crippen LogP contribution in [0.5, 0.6) is 0 Å². The lowest BCUT2D eigenvalue weighted by Gasteiger charge is -2.33. The number of nitrogens with two attached hydrogens (primary N) is 1. The van der Waals surface area contributed by atoms with E-state index in [9.17, 15) is 14.7 Å². The zero-order valence-electron chi connectivity index (χ0n) is 11.9. The lowest BCUT2D eigenvalue weighted by Crippen LogP contribution is -2.45. The molecule has 1 aromatic rings. The van der Waals surface area contributed by atoms with Crippen molar-refractivity contribution >= 4 is 17.5 Å². The number of aliphatic hydroxyl groups is 1. The van der Waals surface area contributed by atoms with E-state index in [1.807, 2.05) is 4.90 Å². The molecule has 2 rings (SSSR count). The molecule has 0 saturated carbocycles. The predicted molar refractivity (Wildman–Crippen MR) is 79.9 cm³/mol. The van der Waals surface area contributed by atoms with Gasteiger partial charge in [0.05, 0.1) is 24.4 Å². The van der Waals surface area contributed by atoms with Gasteiger partial charge in [0.1, 0.15) is 0 Å². The van der Waals surface area contributed by atoms with Crippen LogP contribution in [-0.2, 0) is 4.79 Å². The van der Waals surface area contributed by atoms with Gasteiger partial charge in [0.15, 0.2) is 0 Å². The number of aliphatic hydroxyl groups excluding tert-OH is 1. The molecule has 1 unspecified atom stereocenters. The van der Waals surface area contributed by atoms with Crippen molar-refractivity contribution in [1.29, 1.82) is 0 Å². The van der Waals surface area contributed by atoms with E-state index in [0.29, 0.717) is 11.3 Å². The summed E-state index contributed by atoms with van der Waals surface area (Å²) in [7, 11) is 0. The summed E-state index contributed by atoms with van der Waals surface area (Å²) in [6.45, 7) is 1.07. The number of para-hydroxylation sites is 1. The monoisotopic (exact) mass is 291 g/mol. The van der Waals surface area contributed by atoms with Crippen molar-refractivity contribution in [3.63, 3.8) is 0 Å². The van der Waals surface area contributed by atoms with Gasteiger partial charge in [-0.05, 0) is 31.5 Å². The molecule has 6 nitrogen and oxygen atoms in total. The normalized spacial score (nSPS) is 19.2. The average molecular weight is 291 g/mol. The molecule has 0 radical (unpaired) electrons. The summed E-state index contributed by atoms with van der Waals surface area (Å²) in [4.78, 5) is 25.4. The van der Waals surface area contributed by atoms with E-state index in [4.69, 9.17) is 5.73 Å². The number of benzene rings is 1. The first-order chi connectivity index (χ1) is 10.1. The van der Waals surface area contributed by atoms with Crippen LogP contribution in [0, 0.1) is 0 Å². The Bertz CT molecular complexity index is 519. The number of carbonyl (C=O) groups excluding carboxylic acids is 2. The number of amides is 2. The largest absolute Gasteiger partial charge is 0.395 e. The summed E-state index contributed by atoms with van der Waals surface area (Å²) in [5.41, 5.74) is 6.00. The number of primary amides is 1. The zero-order chi connectivity index (χ0) is 15.2. The van der Waals surface area contributed by atoms with Gasteiger partial charge in [0.25, 0.3) is 5.91 Å². The Kier molecular flexibility index (Phi) is 5.30. The van der Waals surface area contributed by atoms with E-state index in [1.54, 1.807) is 24.3 Å². The van der Waals surface area contributed by atoms with Crippen LogP contribution in [0.15, 0.2) is 24.3 Å². The molecular formula is C15H21N3O3. The summed E-state index contributed by atoms with van der Waals surface area (Å²) in [6.07, 6.45) is 3.01. The molecule has 4 N–H and O–H groups in total. The number of hydrogen-bond acceptors (Lipinski definition) is 4. The first-order valence-electron chi connectivity index (χ1n) is 7.15. The molecule has 21 heavy (non-hydrogen) atoms. The van der Waals surface area contributed by atoms with E-state index in [2.05, 4.69) is 5.32 Å². The highest BCUT2D eigenvalue weighted by Crippen LogP contribution is 2.17. The summed E-state index contributed by atoms with van der Waals surface area (Å²) in [5.74, 6) is -0.777. The first kappa shape index (κ1) is 15.5. The van der Waals surface area contributed by atoms with Crippen LogP contribution in [-0.4, -0.2) is 47.6 Å². The Balaban J connectivity index is 2.00. The summed E-state index contributed by atoms with van der Waals surface area (Å²) < 4.78 is 0. The quantitative estimate of drug-likeness (QED) is 0.739. The standard InChI is InChI=1S/C15H21N3O3/c16-15(21)12-6-1-2-7-13(12)17-14(20)9-18-8-4-3-5-11(18)10-19/h1-2,6-7,11,19H,3-5,8-10H2,(H2,16,21)(H,17,20). The van der Waals surface area contributed by atoms with Gasteiger partial charge in [-0.1, -0.05) is 18.6 Å². The average Bonchev–Trinajstić information content (AvgIpc) is 2.48. The lowest BCUT2D eigenvalue weighted by atomic mass is 10.0. The van der Waals surface area contributed by atoms with E-state index in [1.165, 1.54) is 0 Å². The highest BCUT2D eigenvalue weighted by Gasteiger charge is 2.23. The van der Waals surface area contributed by atoms with Gasteiger partial charge in [-0.15, -0.1) is 0 Å². The van der Waals surface area contributed by atoms with Crippen molar-refractivity contribution in [2.24, 2.45) is 5.73 Å². The van der Waals surface area contributed by atoms with Crippen molar-refractivity contribution in [2.45, 2.75) is 25.3 Å². The van der Waals surface area contributed by atoms with Crippen molar-refractivity contribution in [1.82, 2.24) is 4.90 Å². The summed E-state index contributed by atoms with van der Waals surface area (Å²) in [5, 5.41) is 12.1. The molecule has 1 atom stereocenters. The number of anilines is 1. The SMILES string of the molecule is NC(=O)c1ccccc1NC(=O)CN1CCCCC1CO. The minimum Gasteiger partial charge on any atom is -0.395 e. The molecular weight excluding hydrogens is 270 g/mol. The Morgan fingerprint density at radius 1 is 1.33 bits per heavy atom. The molecule has 0 aromatic heterocycles. The van der Waals surface area contributed by atoms with Crippen LogP contribution >= 0.6 is 0 Å². The van der Waals surface area contributed by atoms with Crippen molar-refractivity contribution in [2.75, 3.05) is 25.0 Å². The first-order valence-corrected chi connectivity index (χ1v) is 7.15. The second-order valence-electron chi connectivity index (χ2n) is 5.26. The molecule has 0 aliphatic carbocycles. The maximum Gasteiger partial charge on any atom is 0.250 e. The van der Waals surface area contributed by atoms with Gasteiger partial charge >= 0.3 is 0 Å². The summed E-state index contributed by atoms with van der Waals surface area (Å²) >= 11 is 0. The molecule has 1 aliphatic heterocycles. The number of nitrogens with one attached hydrogen (secondary N) is 1. The predicted octanol–water partition coefficient (Wildman–Crippen LogP) is 0.571. The third kappa shape index (κ3) is 4.03. The highest BCUT2D eigenvalue weighted by molar-refractivity contribution is 6.03. The molecule has 1 saturated heterocycles.